The van der Waals surface area contributed by atoms with Crippen LogP contribution in [0.15, 0.2) is 42.7 Å². The maximum Gasteiger partial charge on any atom is 0.431 e. The lowest BCUT2D eigenvalue weighted by Crippen LogP contribution is -2.41. The number of ether oxygens (including phenoxy) is 1. The Morgan fingerprint density at radius 3 is 2.36 bits per heavy atom. The number of rotatable bonds is 4. The van der Waals surface area contributed by atoms with Gasteiger partial charge in [-0.3, -0.25) is 9.78 Å². The van der Waals surface area contributed by atoms with E-state index in [1.807, 2.05) is 0 Å². The van der Waals surface area contributed by atoms with Crippen molar-refractivity contribution in [2.45, 2.75) is 19.6 Å². The zero-order valence-corrected chi connectivity index (χ0v) is 19.1. The standard InChI is InChI=1S/C23H20Cl2F3N3O2/c1-14-19(16-2-4-17(24)5-3-16)20(22(32)30-6-8-33-9-7-30)31(21(14)23(26,27)28)13-15-10-18(25)12-29-11-15/h2-5,10-12H,6-9,13H2,1H3. The molecular formula is C23H20Cl2F3N3O2. The van der Waals surface area contributed by atoms with Crippen LogP contribution in [0.1, 0.15) is 27.3 Å². The predicted molar refractivity (Wildman–Crippen MR) is 120 cm³/mol. The van der Waals surface area contributed by atoms with E-state index in [-0.39, 0.29) is 23.4 Å². The molecule has 33 heavy (non-hydrogen) atoms. The van der Waals surface area contributed by atoms with E-state index >= 15 is 0 Å². The second-order valence-electron chi connectivity index (χ2n) is 7.70. The fraction of sp³-hybridized carbons (Fsp3) is 0.304. The molecule has 10 heteroatoms. The summed E-state index contributed by atoms with van der Waals surface area (Å²) in [6, 6.07) is 7.95. The van der Waals surface area contributed by atoms with Gasteiger partial charge in [0.2, 0.25) is 0 Å². The first-order valence-electron chi connectivity index (χ1n) is 10.2. The normalized spacial score (nSPS) is 14.5. The summed E-state index contributed by atoms with van der Waals surface area (Å²) in [6.45, 7) is 2.41. The first-order valence-corrected chi connectivity index (χ1v) is 10.9. The Kier molecular flexibility index (Phi) is 6.70. The smallest absolute Gasteiger partial charge is 0.378 e. The molecule has 0 bridgehead atoms. The summed E-state index contributed by atoms with van der Waals surface area (Å²) in [5.74, 6) is -0.489. The molecule has 1 saturated heterocycles. The molecule has 1 aromatic carbocycles. The minimum Gasteiger partial charge on any atom is -0.378 e. The van der Waals surface area contributed by atoms with Crippen molar-refractivity contribution in [1.29, 1.82) is 0 Å². The lowest BCUT2D eigenvalue weighted by atomic mass is 10.00. The molecule has 2 aromatic heterocycles. The van der Waals surface area contributed by atoms with Crippen LogP contribution in [0.3, 0.4) is 0 Å². The number of alkyl halides is 3. The Balaban J connectivity index is 1.97. The van der Waals surface area contributed by atoms with Crippen LogP contribution >= 0.6 is 23.2 Å². The number of aromatic nitrogens is 2. The van der Waals surface area contributed by atoms with Crippen molar-refractivity contribution in [1.82, 2.24) is 14.5 Å². The van der Waals surface area contributed by atoms with Crippen LogP contribution in [0.25, 0.3) is 11.1 Å². The Hall–Kier alpha value is -2.55. The number of halogens is 5. The average Bonchev–Trinajstić information content (AvgIpc) is 3.06. The molecule has 0 spiro atoms. The zero-order chi connectivity index (χ0) is 23.8. The van der Waals surface area contributed by atoms with Gasteiger partial charge in [-0.25, -0.2) is 0 Å². The lowest BCUT2D eigenvalue weighted by Gasteiger charge is -2.28. The number of benzene rings is 1. The van der Waals surface area contributed by atoms with Crippen LogP contribution in [-0.4, -0.2) is 46.7 Å². The van der Waals surface area contributed by atoms with Gasteiger partial charge in [0.1, 0.15) is 11.4 Å². The van der Waals surface area contributed by atoms with Crippen molar-refractivity contribution >= 4 is 29.1 Å². The van der Waals surface area contributed by atoms with E-state index < -0.39 is 17.8 Å². The minimum absolute atomic E-state index is 0.0311. The van der Waals surface area contributed by atoms with Gasteiger partial charge in [0, 0.05) is 42.6 Å². The van der Waals surface area contributed by atoms with Gasteiger partial charge in [0.15, 0.2) is 0 Å². The number of amides is 1. The molecule has 1 amide bonds. The number of carbonyl (C=O) groups excluding carboxylic acids is 1. The van der Waals surface area contributed by atoms with Crippen LogP contribution in [-0.2, 0) is 17.5 Å². The molecule has 4 rings (SSSR count). The van der Waals surface area contributed by atoms with Gasteiger partial charge < -0.3 is 14.2 Å². The van der Waals surface area contributed by atoms with Crippen molar-refractivity contribution < 1.29 is 22.7 Å². The molecule has 3 aromatic rings. The van der Waals surface area contributed by atoms with E-state index in [0.29, 0.717) is 47.5 Å². The first-order chi connectivity index (χ1) is 15.7. The predicted octanol–water partition coefficient (Wildman–Crippen LogP) is 5.70. The highest BCUT2D eigenvalue weighted by Crippen LogP contribution is 2.42. The highest BCUT2D eigenvalue weighted by molar-refractivity contribution is 6.30. The molecule has 0 saturated carbocycles. The summed E-state index contributed by atoms with van der Waals surface area (Å²) in [7, 11) is 0. The SMILES string of the molecule is Cc1c(-c2ccc(Cl)cc2)c(C(=O)N2CCOCC2)n(Cc2cncc(Cl)c2)c1C(F)(F)F. The van der Waals surface area contributed by atoms with E-state index in [1.165, 1.54) is 30.3 Å². The second-order valence-corrected chi connectivity index (χ2v) is 8.58. The monoisotopic (exact) mass is 497 g/mol. The third-order valence-electron chi connectivity index (χ3n) is 5.51. The molecule has 3 heterocycles. The number of hydrogen-bond acceptors (Lipinski definition) is 3. The van der Waals surface area contributed by atoms with Gasteiger partial charge in [-0.05, 0) is 41.8 Å². The Bertz CT molecular complexity index is 1170. The highest BCUT2D eigenvalue weighted by Gasteiger charge is 2.42. The van der Waals surface area contributed by atoms with Crippen molar-refractivity contribution in [2.24, 2.45) is 0 Å². The maximum atomic E-state index is 14.3. The summed E-state index contributed by atoms with van der Waals surface area (Å²) in [5.41, 5.74) is 0.193. The number of pyridine rings is 1. The topological polar surface area (TPSA) is 47.4 Å². The van der Waals surface area contributed by atoms with E-state index in [9.17, 15) is 18.0 Å². The minimum atomic E-state index is -4.69. The molecule has 0 unspecified atom stereocenters. The number of nitrogens with zero attached hydrogens (tertiary/aromatic N) is 3. The quantitative estimate of drug-likeness (QED) is 0.464. The summed E-state index contributed by atoms with van der Waals surface area (Å²) in [4.78, 5) is 19.1. The van der Waals surface area contributed by atoms with Crippen LogP contribution in [0.5, 0.6) is 0 Å². The van der Waals surface area contributed by atoms with Gasteiger partial charge in [-0.1, -0.05) is 35.3 Å². The third-order valence-corrected chi connectivity index (χ3v) is 5.97. The zero-order valence-electron chi connectivity index (χ0n) is 17.6. The number of morpholine rings is 1. The lowest BCUT2D eigenvalue weighted by molar-refractivity contribution is -0.143. The second kappa shape index (κ2) is 9.37. The molecule has 0 radical (unpaired) electrons. The fourth-order valence-corrected chi connectivity index (χ4v) is 4.42. The summed E-state index contributed by atoms with van der Waals surface area (Å²) in [6.07, 6.45) is -1.86. The van der Waals surface area contributed by atoms with Gasteiger partial charge in [0.05, 0.1) is 18.2 Å². The van der Waals surface area contributed by atoms with Gasteiger partial charge in [-0.15, -0.1) is 0 Å². The fourth-order valence-electron chi connectivity index (χ4n) is 4.10. The Labute approximate surface area is 198 Å². The van der Waals surface area contributed by atoms with E-state index in [0.717, 1.165) is 4.57 Å². The van der Waals surface area contributed by atoms with Crippen LogP contribution in [0.4, 0.5) is 13.2 Å². The molecule has 174 valence electrons. The number of carbonyl (C=O) groups is 1. The Morgan fingerprint density at radius 2 is 1.76 bits per heavy atom. The molecule has 0 N–H and O–H groups in total. The average molecular weight is 498 g/mol. The van der Waals surface area contributed by atoms with E-state index in [2.05, 4.69) is 4.98 Å². The molecule has 1 aliphatic heterocycles. The van der Waals surface area contributed by atoms with E-state index in [4.69, 9.17) is 27.9 Å². The molecular weight excluding hydrogens is 478 g/mol. The van der Waals surface area contributed by atoms with E-state index in [1.54, 1.807) is 24.3 Å². The van der Waals surface area contributed by atoms with Gasteiger partial charge >= 0.3 is 6.18 Å². The molecule has 0 atom stereocenters. The van der Waals surface area contributed by atoms with Crippen LogP contribution < -0.4 is 0 Å². The Morgan fingerprint density at radius 1 is 1.09 bits per heavy atom. The first kappa shape index (κ1) is 23.6. The molecule has 1 fully saturated rings. The molecule has 1 aliphatic rings. The molecule has 5 nitrogen and oxygen atoms in total. The van der Waals surface area contributed by atoms with Crippen molar-refractivity contribution in [3.05, 3.63) is 75.3 Å². The summed E-state index contributed by atoms with van der Waals surface area (Å²) in [5, 5.41) is 0.738. The van der Waals surface area contributed by atoms with Crippen molar-refractivity contribution in [3.63, 3.8) is 0 Å². The van der Waals surface area contributed by atoms with Crippen molar-refractivity contribution in [2.75, 3.05) is 26.3 Å². The van der Waals surface area contributed by atoms with Crippen LogP contribution in [0, 0.1) is 6.92 Å². The largest absolute Gasteiger partial charge is 0.431 e. The summed E-state index contributed by atoms with van der Waals surface area (Å²) < 4.78 is 49.4. The van der Waals surface area contributed by atoms with Gasteiger partial charge in [0.25, 0.3) is 5.91 Å². The van der Waals surface area contributed by atoms with Crippen molar-refractivity contribution in [3.8, 4) is 11.1 Å². The van der Waals surface area contributed by atoms with Crippen LogP contribution in [0.2, 0.25) is 10.0 Å². The number of hydrogen-bond donors (Lipinski definition) is 0. The van der Waals surface area contributed by atoms with Gasteiger partial charge in [-0.2, -0.15) is 13.2 Å². The highest BCUT2D eigenvalue weighted by atomic mass is 35.5. The summed E-state index contributed by atoms with van der Waals surface area (Å²) >= 11 is 12.0. The third kappa shape index (κ3) is 4.88. The maximum absolute atomic E-state index is 14.3. The molecule has 0 aliphatic carbocycles.